The van der Waals surface area contributed by atoms with Crippen LogP contribution in [0.5, 0.6) is 0 Å². The highest BCUT2D eigenvalue weighted by Gasteiger charge is 2.28. The Morgan fingerprint density at radius 2 is 1.33 bits per heavy atom. The minimum absolute atomic E-state index is 0.0603. The molecule has 0 aliphatic heterocycles. The van der Waals surface area contributed by atoms with Crippen molar-refractivity contribution in [2.45, 2.75) is 0 Å². The Kier molecular flexibility index (Phi) is 3.90. The third-order valence-corrected chi connectivity index (χ3v) is 7.38. The van der Waals surface area contributed by atoms with E-state index in [4.69, 9.17) is 11.8 Å². The van der Waals surface area contributed by atoms with Gasteiger partial charge in [-0.2, -0.15) is 0 Å². The molecule has 0 N–H and O–H groups in total. The molecule has 3 heteroatoms. The van der Waals surface area contributed by atoms with Gasteiger partial charge in [0.25, 0.3) is 0 Å². The summed E-state index contributed by atoms with van der Waals surface area (Å²) >= 11 is 5.75. The quantitative estimate of drug-likeness (QED) is 0.629. The molecule has 0 fully saturated rings. The second-order valence-electron chi connectivity index (χ2n) is 3.82. The van der Waals surface area contributed by atoms with Gasteiger partial charge in [0.15, 0.2) is 5.52 Å². The molecule has 2 aromatic carbocycles. The lowest BCUT2D eigenvalue weighted by molar-refractivity contribution is -0.107. The van der Waals surface area contributed by atoms with E-state index in [1.165, 1.54) is 6.08 Å². The fraction of sp³-hybridized carbons (Fsp3) is 0. The minimum Gasteiger partial charge on any atom is -0.288 e. The number of rotatable bonds is 4. The van der Waals surface area contributed by atoms with Crippen LogP contribution in [0.1, 0.15) is 0 Å². The van der Waals surface area contributed by atoms with E-state index in [1.54, 1.807) is 0 Å². The summed E-state index contributed by atoms with van der Waals surface area (Å²) in [5.41, 5.74) is -0.0603. The number of carbonyl (C=O) groups excluding carboxylic acids is 1. The van der Waals surface area contributed by atoms with E-state index in [1.807, 2.05) is 60.7 Å². The Morgan fingerprint density at radius 3 is 1.67 bits per heavy atom. The average molecular weight is 272 g/mol. The maximum Gasteiger partial charge on any atom is 0.194 e. The SMILES string of the molecule is C=CC(=O)P(=S)(c1ccccc1)c1ccccc1. The van der Waals surface area contributed by atoms with Gasteiger partial charge >= 0.3 is 0 Å². The predicted molar refractivity (Wildman–Crippen MR) is 81.6 cm³/mol. The second-order valence-corrected chi connectivity index (χ2v) is 8.16. The van der Waals surface area contributed by atoms with Crippen LogP contribution < -0.4 is 10.6 Å². The molecule has 0 saturated heterocycles. The Morgan fingerprint density at radius 1 is 0.944 bits per heavy atom. The molecule has 0 aliphatic rings. The normalized spacial score (nSPS) is 10.9. The number of benzene rings is 2. The van der Waals surface area contributed by atoms with Crippen molar-refractivity contribution >= 4 is 34.0 Å². The van der Waals surface area contributed by atoms with Gasteiger partial charge in [-0.3, -0.25) is 4.79 Å². The van der Waals surface area contributed by atoms with Crippen LogP contribution >= 0.6 is 6.04 Å². The maximum atomic E-state index is 12.3. The highest BCUT2D eigenvalue weighted by atomic mass is 32.4. The van der Waals surface area contributed by atoms with Crippen molar-refractivity contribution in [3.05, 3.63) is 73.3 Å². The molecule has 0 aliphatic carbocycles. The summed E-state index contributed by atoms with van der Waals surface area (Å²) < 4.78 is 0. The van der Waals surface area contributed by atoms with E-state index in [0.29, 0.717) is 0 Å². The summed E-state index contributed by atoms with van der Waals surface area (Å²) in [6.07, 6.45) is 1.35. The van der Waals surface area contributed by atoms with E-state index in [-0.39, 0.29) is 5.52 Å². The van der Waals surface area contributed by atoms with Crippen LogP contribution in [-0.2, 0) is 16.6 Å². The predicted octanol–water partition coefficient (Wildman–Crippen LogP) is 2.83. The Bertz CT molecular complexity index is 561. The Hall–Kier alpha value is -1.50. The van der Waals surface area contributed by atoms with E-state index in [0.717, 1.165) is 10.6 Å². The van der Waals surface area contributed by atoms with Gasteiger partial charge in [0, 0.05) is 0 Å². The fourth-order valence-corrected chi connectivity index (χ4v) is 5.01. The minimum atomic E-state index is -2.44. The molecular weight excluding hydrogens is 259 g/mol. The van der Waals surface area contributed by atoms with Crippen LogP contribution in [0.3, 0.4) is 0 Å². The van der Waals surface area contributed by atoms with Gasteiger partial charge in [0.2, 0.25) is 0 Å². The van der Waals surface area contributed by atoms with Gasteiger partial charge in [0.1, 0.15) is 0 Å². The van der Waals surface area contributed by atoms with Crippen molar-refractivity contribution in [1.29, 1.82) is 0 Å². The maximum absolute atomic E-state index is 12.3. The lowest BCUT2D eigenvalue weighted by atomic mass is 10.4. The zero-order chi connectivity index (χ0) is 13.0. The molecule has 0 bridgehead atoms. The number of carbonyl (C=O) groups is 1. The summed E-state index contributed by atoms with van der Waals surface area (Å²) in [5, 5.41) is 1.83. The van der Waals surface area contributed by atoms with Gasteiger partial charge < -0.3 is 0 Å². The molecule has 2 rings (SSSR count). The van der Waals surface area contributed by atoms with Crippen LogP contribution in [0.15, 0.2) is 73.3 Å². The first-order valence-corrected chi connectivity index (χ1v) is 8.38. The molecule has 0 atom stereocenters. The topological polar surface area (TPSA) is 17.1 Å². The first kappa shape index (κ1) is 12.9. The van der Waals surface area contributed by atoms with E-state index in [9.17, 15) is 4.79 Å². The lowest BCUT2D eigenvalue weighted by Gasteiger charge is -2.20. The molecule has 0 radical (unpaired) electrons. The summed E-state index contributed by atoms with van der Waals surface area (Å²) in [5.74, 6) is 0. The van der Waals surface area contributed by atoms with Crippen LogP contribution in [0.4, 0.5) is 0 Å². The van der Waals surface area contributed by atoms with Crippen LogP contribution in [0.25, 0.3) is 0 Å². The molecule has 0 saturated carbocycles. The van der Waals surface area contributed by atoms with Gasteiger partial charge in [-0.1, -0.05) is 79.0 Å². The molecular formula is C15H13OPS. The molecule has 0 aromatic heterocycles. The molecule has 2 aromatic rings. The summed E-state index contributed by atoms with van der Waals surface area (Å²) in [7, 11) is 0. The highest BCUT2D eigenvalue weighted by molar-refractivity contribution is 8.30. The fourth-order valence-electron chi connectivity index (χ4n) is 1.81. The van der Waals surface area contributed by atoms with Crippen LogP contribution in [0.2, 0.25) is 0 Å². The van der Waals surface area contributed by atoms with Gasteiger partial charge in [0.05, 0.1) is 6.04 Å². The molecule has 1 nitrogen and oxygen atoms in total. The molecule has 0 heterocycles. The van der Waals surface area contributed by atoms with Crippen LogP contribution in [-0.4, -0.2) is 5.52 Å². The van der Waals surface area contributed by atoms with E-state index in [2.05, 4.69) is 6.58 Å². The molecule has 0 amide bonds. The molecule has 0 unspecified atom stereocenters. The summed E-state index contributed by atoms with van der Waals surface area (Å²) in [6.45, 7) is 3.59. The van der Waals surface area contributed by atoms with Gasteiger partial charge in [-0.15, -0.1) is 0 Å². The molecule has 90 valence electrons. The van der Waals surface area contributed by atoms with Crippen LogP contribution in [0, 0.1) is 0 Å². The molecule has 0 spiro atoms. The van der Waals surface area contributed by atoms with E-state index >= 15 is 0 Å². The van der Waals surface area contributed by atoms with E-state index < -0.39 is 6.04 Å². The van der Waals surface area contributed by atoms with Crippen molar-refractivity contribution < 1.29 is 4.79 Å². The van der Waals surface area contributed by atoms with Gasteiger partial charge in [-0.25, -0.2) is 0 Å². The highest BCUT2D eigenvalue weighted by Crippen LogP contribution is 2.44. The largest absolute Gasteiger partial charge is 0.288 e. The zero-order valence-electron chi connectivity index (χ0n) is 9.82. The van der Waals surface area contributed by atoms with Gasteiger partial charge in [-0.05, 0) is 16.7 Å². The number of hydrogen-bond donors (Lipinski definition) is 0. The smallest absolute Gasteiger partial charge is 0.194 e. The van der Waals surface area contributed by atoms with Crippen molar-refractivity contribution in [1.82, 2.24) is 0 Å². The van der Waals surface area contributed by atoms with Crippen molar-refractivity contribution in [2.75, 3.05) is 0 Å². The van der Waals surface area contributed by atoms with Crippen molar-refractivity contribution in [3.8, 4) is 0 Å². The standard InChI is InChI=1S/C15H13OPS/c1-2-15(16)17(18,13-9-5-3-6-10-13)14-11-7-4-8-12-14/h2-12H,1H2. The Balaban J connectivity index is 2.67. The lowest BCUT2D eigenvalue weighted by Crippen LogP contribution is -2.20. The third kappa shape index (κ3) is 2.22. The summed E-state index contributed by atoms with van der Waals surface area (Å²) in [4.78, 5) is 12.3. The first-order valence-electron chi connectivity index (χ1n) is 5.58. The number of hydrogen-bond acceptors (Lipinski definition) is 2. The number of allylic oxidation sites excluding steroid dienone is 1. The average Bonchev–Trinajstić information content (AvgIpc) is 2.47. The summed E-state index contributed by atoms with van der Waals surface area (Å²) in [6, 6.07) is 16.8. The van der Waals surface area contributed by atoms with Crippen molar-refractivity contribution in [2.24, 2.45) is 0 Å². The monoisotopic (exact) mass is 272 g/mol. The first-order chi connectivity index (χ1) is 8.69. The molecule has 18 heavy (non-hydrogen) atoms. The Labute approximate surface area is 112 Å². The van der Waals surface area contributed by atoms with Crippen molar-refractivity contribution in [3.63, 3.8) is 0 Å². The second kappa shape index (κ2) is 5.43. The zero-order valence-corrected chi connectivity index (χ0v) is 11.5. The third-order valence-electron chi connectivity index (χ3n) is 2.72.